The number of nitrogens with one attached hydrogen (secondary N) is 1. The molecule has 2 unspecified atom stereocenters. The zero-order valence-electron chi connectivity index (χ0n) is 19.4. The number of hydrogen-bond acceptors (Lipinski definition) is 6. The van der Waals surface area contributed by atoms with Crippen LogP contribution in [0.5, 0.6) is 5.75 Å². The third-order valence-corrected chi connectivity index (χ3v) is 6.14. The van der Waals surface area contributed by atoms with Gasteiger partial charge in [0.1, 0.15) is 16.9 Å². The Morgan fingerprint density at radius 1 is 1.30 bits per heavy atom. The molecule has 0 saturated carbocycles. The Morgan fingerprint density at radius 2 is 2.00 bits per heavy atom. The number of pyridine rings is 1. The van der Waals surface area contributed by atoms with Gasteiger partial charge in [0, 0.05) is 12.0 Å². The number of nitrogens with zero attached hydrogens (tertiary/aromatic N) is 1. The number of phenols is 1. The van der Waals surface area contributed by atoms with E-state index in [-0.39, 0.29) is 41.1 Å². The van der Waals surface area contributed by atoms with Crippen molar-refractivity contribution in [2.45, 2.75) is 52.2 Å². The normalized spacial score (nSPS) is 18.1. The van der Waals surface area contributed by atoms with E-state index in [1.165, 1.54) is 6.07 Å². The van der Waals surface area contributed by atoms with Gasteiger partial charge in [-0.25, -0.2) is 4.79 Å². The molecule has 2 atom stereocenters. The number of carboxylic acids is 1. The lowest BCUT2D eigenvalue weighted by Gasteiger charge is -2.37. The van der Waals surface area contributed by atoms with Crippen LogP contribution in [0.1, 0.15) is 64.9 Å². The SMILES string of the molecule is CCC1(OCC(NC(=O)c2ccccc2O)C(C)C)C=CCc2nc(C)c(C(=O)O)c(N)c21. The molecule has 1 heterocycles. The van der Waals surface area contributed by atoms with Crippen LogP contribution in [0.2, 0.25) is 0 Å². The van der Waals surface area contributed by atoms with Crippen molar-refractivity contribution in [2.75, 3.05) is 12.3 Å². The first-order chi connectivity index (χ1) is 15.6. The Balaban J connectivity index is 1.91. The van der Waals surface area contributed by atoms with Crippen molar-refractivity contribution in [3.05, 3.63) is 64.5 Å². The topological polar surface area (TPSA) is 135 Å². The van der Waals surface area contributed by atoms with E-state index in [1.807, 2.05) is 32.9 Å². The number of aromatic hydroxyl groups is 1. The molecule has 176 valence electrons. The Labute approximate surface area is 193 Å². The zero-order valence-corrected chi connectivity index (χ0v) is 19.4. The number of nitrogens with two attached hydrogens (primary N) is 1. The largest absolute Gasteiger partial charge is 0.507 e. The van der Waals surface area contributed by atoms with Gasteiger partial charge in [0.25, 0.3) is 5.91 Å². The number of anilines is 1. The number of para-hydroxylation sites is 1. The van der Waals surface area contributed by atoms with Crippen LogP contribution in [0.25, 0.3) is 0 Å². The number of ether oxygens (including phenoxy) is 1. The summed E-state index contributed by atoms with van der Waals surface area (Å²) in [5, 5.41) is 22.6. The molecule has 33 heavy (non-hydrogen) atoms. The number of amides is 1. The number of nitrogen functional groups attached to an aromatic ring is 1. The lowest BCUT2D eigenvalue weighted by molar-refractivity contribution is -0.0324. The van der Waals surface area contributed by atoms with Gasteiger partial charge in [0.05, 0.1) is 35.3 Å². The Kier molecular flexibility index (Phi) is 7.07. The molecule has 1 aromatic carbocycles. The average molecular weight is 454 g/mol. The maximum Gasteiger partial charge on any atom is 0.339 e. The van der Waals surface area contributed by atoms with Crippen LogP contribution < -0.4 is 11.1 Å². The predicted molar refractivity (Wildman–Crippen MR) is 125 cm³/mol. The minimum atomic E-state index is -1.13. The predicted octanol–water partition coefficient (Wildman–Crippen LogP) is 3.56. The number of benzene rings is 1. The van der Waals surface area contributed by atoms with Crippen LogP contribution in [-0.2, 0) is 16.8 Å². The quantitative estimate of drug-likeness (QED) is 0.449. The third kappa shape index (κ3) is 4.71. The number of hydrogen-bond donors (Lipinski definition) is 4. The summed E-state index contributed by atoms with van der Waals surface area (Å²) in [5.41, 5.74) is 7.37. The summed E-state index contributed by atoms with van der Waals surface area (Å²) in [6.45, 7) is 7.65. The van der Waals surface area contributed by atoms with Crippen LogP contribution >= 0.6 is 0 Å². The number of carboxylic acid groups (broad SMARTS) is 1. The van der Waals surface area contributed by atoms with Gasteiger partial charge in [-0.1, -0.05) is 45.1 Å². The number of aryl methyl sites for hydroxylation is 1. The lowest BCUT2D eigenvalue weighted by Crippen LogP contribution is -2.44. The first kappa shape index (κ1) is 24.3. The fourth-order valence-corrected chi connectivity index (χ4v) is 4.19. The van der Waals surface area contributed by atoms with Crippen molar-refractivity contribution in [3.63, 3.8) is 0 Å². The van der Waals surface area contributed by atoms with Gasteiger partial charge < -0.3 is 26.0 Å². The van der Waals surface area contributed by atoms with E-state index in [4.69, 9.17) is 10.5 Å². The van der Waals surface area contributed by atoms with Gasteiger partial charge in [0.15, 0.2) is 0 Å². The molecule has 2 aromatic rings. The van der Waals surface area contributed by atoms with Crippen molar-refractivity contribution in [1.82, 2.24) is 10.3 Å². The van der Waals surface area contributed by atoms with E-state index < -0.39 is 17.5 Å². The van der Waals surface area contributed by atoms with E-state index in [2.05, 4.69) is 10.3 Å². The summed E-state index contributed by atoms with van der Waals surface area (Å²) < 4.78 is 6.42. The molecule has 8 heteroatoms. The van der Waals surface area contributed by atoms with Gasteiger partial charge >= 0.3 is 5.97 Å². The molecule has 1 aliphatic rings. The molecule has 0 aliphatic heterocycles. The Hall–Kier alpha value is -3.39. The molecule has 0 radical (unpaired) electrons. The van der Waals surface area contributed by atoms with Crippen molar-refractivity contribution in [3.8, 4) is 5.75 Å². The Bertz CT molecular complexity index is 1100. The van der Waals surface area contributed by atoms with Crippen molar-refractivity contribution < 1.29 is 24.5 Å². The van der Waals surface area contributed by atoms with Crippen molar-refractivity contribution in [1.29, 1.82) is 0 Å². The van der Waals surface area contributed by atoms with E-state index in [1.54, 1.807) is 25.1 Å². The van der Waals surface area contributed by atoms with E-state index in [0.717, 1.165) is 0 Å². The van der Waals surface area contributed by atoms with Crippen molar-refractivity contribution in [2.24, 2.45) is 5.92 Å². The standard InChI is InChI=1S/C25H31N3O5/c1-5-25(12-8-10-17-21(25)22(26)20(24(31)32)15(4)27-17)33-13-18(14(2)3)28-23(30)16-9-6-7-11-19(16)29/h6-9,11-12,14,18,29H,5,10,13H2,1-4H3,(H2,26,27)(H,28,30)(H,31,32). The van der Waals surface area contributed by atoms with Gasteiger partial charge in [-0.15, -0.1) is 0 Å². The van der Waals surface area contributed by atoms with Crippen LogP contribution in [0.4, 0.5) is 5.69 Å². The summed E-state index contributed by atoms with van der Waals surface area (Å²) in [6, 6.07) is 5.99. The molecule has 1 amide bonds. The molecule has 5 N–H and O–H groups in total. The number of aromatic carboxylic acids is 1. The summed E-state index contributed by atoms with van der Waals surface area (Å²) in [4.78, 5) is 29.1. The molecule has 0 saturated heterocycles. The van der Waals surface area contributed by atoms with E-state index >= 15 is 0 Å². The molecule has 8 nitrogen and oxygen atoms in total. The summed E-state index contributed by atoms with van der Waals surface area (Å²) in [6.07, 6.45) is 4.88. The molecule has 1 aliphatic carbocycles. The molecule has 0 fully saturated rings. The summed E-state index contributed by atoms with van der Waals surface area (Å²) in [5.74, 6) is -1.59. The van der Waals surface area contributed by atoms with Gasteiger partial charge in [-0.05, 0) is 31.4 Å². The second kappa shape index (κ2) is 9.62. The first-order valence-corrected chi connectivity index (χ1v) is 11.0. The highest BCUT2D eigenvalue weighted by Crippen LogP contribution is 2.42. The summed E-state index contributed by atoms with van der Waals surface area (Å²) >= 11 is 0. The van der Waals surface area contributed by atoms with Gasteiger partial charge in [-0.3, -0.25) is 9.78 Å². The highest BCUT2D eigenvalue weighted by molar-refractivity contribution is 5.97. The number of allylic oxidation sites excluding steroid dienone is 1. The minimum absolute atomic E-state index is 0.0151. The molecular formula is C25H31N3O5. The monoisotopic (exact) mass is 453 g/mol. The number of aromatic nitrogens is 1. The molecule has 0 bridgehead atoms. The zero-order chi connectivity index (χ0) is 24.3. The average Bonchev–Trinajstić information content (AvgIpc) is 2.75. The van der Waals surface area contributed by atoms with Crippen molar-refractivity contribution >= 4 is 17.6 Å². The first-order valence-electron chi connectivity index (χ1n) is 11.0. The number of phenolic OH excluding ortho intramolecular Hbond substituents is 1. The Morgan fingerprint density at radius 3 is 2.61 bits per heavy atom. The number of carbonyl (C=O) groups is 2. The molecule has 0 spiro atoms. The fraction of sp³-hybridized carbons (Fsp3) is 0.400. The highest BCUT2D eigenvalue weighted by Gasteiger charge is 2.39. The van der Waals surface area contributed by atoms with Crippen LogP contribution in [0, 0.1) is 12.8 Å². The summed E-state index contributed by atoms with van der Waals surface area (Å²) in [7, 11) is 0. The second-order valence-electron chi connectivity index (χ2n) is 8.61. The van der Waals surface area contributed by atoms with Gasteiger partial charge in [-0.2, -0.15) is 0 Å². The fourth-order valence-electron chi connectivity index (χ4n) is 4.19. The smallest absolute Gasteiger partial charge is 0.339 e. The maximum atomic E-state index is 12.8. The molecule has 3 rings (SSSR count). The number of rotatable bonds is 8. The number of fused-ring (bicyclic) bond motifs is 1. The maximum absolute atomic E-state index is 12.8. The van der Waals surface area contributed by atoms with Crippen LogP contribution in [-0.4, -0.2) is 39.7 Å². The second-order valence-corrected chi connectivity index (χ2v) is 8.61. The molecular weight excluding hydrogens is 422 g/mol. The van der Waals surface area contributed by atoms with Crippen LogP contribution in [0.3, 0.4) is 0 Å². The lowest BCUT2D eigenvalue weighted by atomic mass is 9.81. The van der Waals surface area contributed by atoms with Crippen LogP contribution in [0.15, 0.2) is 36.4 Å². The molecule has 1 aromatic heterocycles. The van der Waals surface area contributed by atoms with E-state index in [0.29, 0.717) is 29.8 Å². The van der Waals surface area contributed by atoms with Gasteiger partial charge in [0.2, 0.25) is 0 Å². The number of carbonyl (C=O) groups excluding carboxylic acids is 1. The third-order valence-electron chi connectivity index (χ3n) is 6.14. The minimum Gasteiger partial charge on any atom is -0.507 e. The highest BCUT2D eigenvalue weighted by atomic mass is 16.5. The van der Waals surface area contributed by atoms with E-state index in [9.17, 15) is 19.8 Å².